The van der Waals surface area contributed by atoms with Gasteiger partial charge in [-0.2, -0.15) is 0 Å². The van der Waals surface area contributed by atoms with E-state index in [0.29, 0.717) is 6.54 Å². The van der Waals surface area contributed by atoms with E-state index in [1.807, 2.05) is 32.3 Å². The maximum atomic E-state index is 5.43. The molecule has 0 amide bonds. The summed E-state index contributed by atoms with van der Waals surface area (Å²) in [6, 6.07) is 4.25. The molecule has 0 aliphatic rings. The van der Waals surface area contributed by atoms with E-state index in [4.69, 9.17) is 4.74 Å². The van der Waals surface area contributed by atoms with Crippen LogP contribution in [-0.2, 0) is 6.54 Å². The van der Waals surface area contributed by atoms with E-state index in [2.05, 4.69) is 28.3 Å². The lowest BCUT2D eigenvalue weighted by Gasteiger charge is -2.16. The quantitative estimate of drug-likeness (QED) is 0.908. The number of nitrogens with one attached hydrogen (secondary N) is 1. The first-order chi connectivity index (χ1) is 9.63. The van der Waals surface area contributed by atoms with Gasteiger partial charge in [0.05, 0.1) is 12.8 Å². The SMILES string of the molecule is COc1c(C)cnc(CN[C@@H](C)c2cccnc2)c1C. The molecule has 0 radical (unpaired) electrons. The maximum Gasteiger partial charge on any atom is 0.128 e. The number of methoxy groups -OCH3 is 1. The zero-order valence-electron chi connectivity index (χ0n) is 12.5. The number of aromatic nitrogens is 2. The molecule has 0 spiro atoms. The van der Waals surface area contributed by atoms with Gasteiger partial charge in [0.15, 0.2) is 0 Å². The molecular weight excluding hydrogens is 250 g/mol. The van der Waals surface area contributed by atoms with Crippen LogP contribution >= 0.6 is 0 Å². The van der Waals surface area contributed by atoms with E-state index in [1.165, 1.54) is 5.56 Å². The van der Waals surface area contributed by atoms with Crippen LogP contribution in [0.4, 0.5) is 0 Å². The highest BCUT2D eigenvalue weighted by Crippen LogP contribution is 2.24. The van der Waals surface area contributed by atoms with Gasteiger partial charge in [-0.15, -0.1) is 0 Å². The van der Waals surface area contributed by atoms with Gasteiger partial charge in [0.25, 0.3) is 0 Å². The summed E-state index contributed by atoms with van der Waals surface area (Å²) in [4.78, 5) is 8.64. The van der Waals surface area contributed by atoms with Gasteiger partial charge in [-0.3, -0.25) is 9.97 Å². The molecule has 0 aliphatic heterocycles. The molecule has 4 heteroatoms. The van der Waals surface area contributed by atoms with Crippen molar-refractivity contribution in [3.8, 4) is 5.75 Å². The lowest BCUT2D eigenvalue weighted by Crippen LogP contribution is -2.19. The Morgan fingerprint density at radius 2 is 2.10 bits per heavy atom. The van der Waals surface area contributed by atoms with E-state index in [-0.39, 0.29) is 6.04 Å². The van der Waals surface area contributed by atoms with Gasteiger partial charge in [0.2, 0.25) is 0 Å². The van der Waals surface area contributed by atoms with Crippen molar-refractivity contribution in [3.05, 3.63) is 53.1 Å². The van der Waals surface area contributed by atoms with Gasteiger partial charge < -0.3 is 10.1 Å². The van der Waals surface area contributed by atoms with Crippen molar-refractivity contribution in [2.24, 2.45) is 0 Å². The zero-order valence-corrected chi connectivity index (χ0v) is 12.5. The molecule has 0 saturated carbocycles. The van der Waals surface area contributed by atoms with Crippen LogP contribution in [0.5, 0.6) is 5.75 Å². The summed E-state index contributed by atoms with van der Waals surface area (Å²) >= 11 is 0. The summed E-state index contributed by atoms with van der Waals surface area (Å²) in [5.41, 5.74) is 4.35. The average molecular weight is 271 g/mol. The van der Waals surface area contributed by atoms with Gasteiger partial charge >= 0.3 is 0 Å². The van der Waals surface area contributed by atoms with E-state index >= 15 is 0 Å². The van der Waals surface area contributed by atoms with Crippen LogP contribution in [0.25, 0.3) is 0 Å². The van der Waals surface area contributed by atoms with Crippen LogP contribution in [-0.4, -0.2) is 17.1 Å². The zero-order chi connectivity index (χ0) is 14.5. The molecule has 0 fully saturated rings. The number of pyridine rings is 2. The van der Waals surface area contributed by atoms with Crippen LogP contribution in [0.15, 0.2) is 30.7 Å². The Hall–Kier alpha value is -1.94. The Morgan fingerprint density at radius 3 is 2.75 bits per heavy atom. The molecule has 106 valence electrons. The molecule has 0 bridgehead atoms. The summed E-state index contributed by atoms with van der Waals surface area (Å²) in [7, 11) is 1.70. The highest BCUT2D eigenvalue weighted by molar-refractivity contribution is 5.41. The highest BCUT2D eigenvalue weighted by Gasteiger charge is 2.11. The lowest BCUT2D eigenvalue weighted by atomic mass is 10.1. The molecule has 2 aromatic heterocycles. The first-order valence-electron chi connectivity index (χ1n) is 6.76. The van der Waals surface area contributed by atoms with Crippen molar-refractivity contribution in [1.82, 2.24) is 15.3 Å². The number of ether oxygens (including phenoxy) is 1. The Kier molecular flexibility index (Phi) is 4.69. The largest absolute Gasteiger partial charge is 0.496 e. The second kappa shape index (κ2) is 6.48. The van der Waals surface area contributed by atoms with Crippen molar-refractivity contribution in [2.75, 3.05) is 7.11 Å². The summed E-state index contributed by atoms with van der Waals surface area (Å²) < 4.78 is 5.43. The summed E-state index contributed by atoms with van der Waals surface area (Å²) in [6.07, 6.45) is 5.53. The van der Waals surface area contributed by atoms with Crippen molar-refractivity contribution in [2.45, 2.75) is 33.4 Å². The van der Waals surface area contributed by atoms with Gasteiger partial charge in [-0.05, 0) is 32.4 Å². The smallest absolute Gasteiger partial charge is 0.128 e. The normalized spacial score (nSPS) is 12.2. The Balaban J connectivity index is 2.08. The number of aryl methyl sites for hydroxylation is 1. The van der Waals surface area contributed by atoms with Crippen LogP contribution in [0.1, 0.15) is 35.3 Å². The highest BCUT2D eigenvalue weighted by atomic mass is 16.5. The summed E-state index contributed by atoms with van der Waals surface area (Å²) in [5.74, 6) is 0.922. The number of rotatable bonds is 5. The molecule has 0 aliphatic carbocycles. The van der Waals surface area contributed by atoms with Crippen molar-refractivity contribution in [1.29, 1.82) is 0 Å². The topological polar surface area (TPSA) is 47.0 Å². The third-order valence-electron chi connectivity index (χ3n) is 3.51. The van der Waals surface area contributed by atoms with Gasteiger partial charge in [0.1, 0.15) is 5.75 Å². The molecule has 0 aromatic carbocycles. The van der Waals surface area contributed by atoms with Gasteiger partial charge in [0, 0.05) is 42.3 Å². The van der Waals surface area contributed by atoms with E-state index in [1.54, 1.807) is 13.3 Å². The molecule has 2 aromatic rings. The average Bonchev–Trinajstić information content (AvgIpc) is 2.47. The van der Waals surface area contributed by atoms with Crippen molar-refractivity contribution >= 4 is 0 Å². The fourth-order valence-electron chi connectivity index (χ4n) is 2.25. The summed E-state index contributed by atoms with van der Waals surface area (Å²) in [6.45, 7) is 6.88. The number of nitrogens with zero attached hydrogens (tertiary/aromatic N) is 2. The molecule has 0 saturated heterocycles. The molecule has 2 rings (SSSR count). The molecule has 20 heavy (non-hydrogen) atoms. The number of hydrogen-bond donors (Lipinski definition) is 1. The van der Waals surface area contributed by atoms with Crippen molar-refractivity contribution < 1.29 is 4.74 Å². The van der Waals surface area contributed by atoms with Crippen LogP contribution < -0.4 is 10.1 Å². The lowest BCUT2D eigenvalue weighted by molar-refractivity contribution is 0.406. The first-order valence-corrected chi connectivity index (χ1v) is 6.76. The molecule has 4 nitrogen and oxygen atoms in total. The Morgan fingerprint density at radius 1 is 1.30 bits per heavy atom. The fraction of sp³-hybridized carbons (Fsp3) is 0.375. The molecule has 1 atom stereocenters. The van der Waals surface area contributed by atoms with E-state index < -0.39 is 0 Å². The van der Waals surface area contributed by atoms with Crippen molar-refractivity contribution in [3.63, 3.8) is 0 Å². The molecular formula is C16H21N3O. The third kappa shape index (κ3) is 3.14. The first kappa shape index (κ1) is 14.5. The molecule has 0 unspecified atom stereocenters. The second-order valence-corrected chi connectivity index (χ2v) is 4.94. The fourth-order valence-corrected chi connectivity index (χ4v) is 2.25. The minimum atomic E-state index is 0.234. The van der Waals surface area contributed by atoms with Crippen LogP contribution in [0, 0.1) is 13.8 Å². The standard InChI is InChI=1S/C16H21N3O/c1-11-8-19-15(12(2)16(11)20-4)10-18-13(3)14-6-5-7-17-9-14/h5-9,13,18H,10H2,1-4H3/t13-/m0/s1. The van der Waals surface area contributed by atoms with Crippen LogP contribution in [0.3, 0.4) is 0 Å². The van der Waals surface area contributed by atoms with E-state index in [0.717, 1.165) is 22.6 Å². The third-order valence-corrected chi connectivity index (χ3v) is 3.51. The van der Waals surface area contributed by atoms with Gasteiger partial charge in [-0.1, -0.05) is 6.07 Å². The Bertz CT molecular complexity index is 569. The van der Waals surface area contributed by atoms with E-state index in [9.17, 15) is 0 Å². The minimum Gasteiger partial charge on any atom is -0.496 e. The maximum absolute atomic E-state index is 5.43. The Labute approximate surface area is 120 Å². The monoisotopic (exact) mass is 271 g/mol. The minimum absolute atomic E-state index is 0.234. The number of hydrogen-bond acceptors (Lipinski definition) is 4. The molecule has 1 N–H and O–H groups in total. The predicted octanol–water partition coefficient (Wildman–Crippen LogP) is 2.95. The summed E-state index contributed by atoms with van der Waals surface area (Å²) in [5, 5.41) is 3.47. The second-order valence-electron chi connectivity index (χ2n) is 4.94. The van der Waals surface area contributed by atoms with Crippen LogP contribution in [0.2, 0.25) is 0 Å². The predicted molar refractivity (Wildman–Crippen MR) is 79.8 cm³/mol. The van der Waals surface area contributed by atoms with Gasteiger partial charge in [-0.25, -0.2) is 0 Å². The molecule has 2 heterocycles.